The Labute approximate surface area is 170 Å². The van der Waals surface area contributed by atoms with E-state index in [0.717, 1.165) is 5.56 Å². The highest BCUT2D eigenvalue weighted by atomic mass is 16.6. The number of nitrogens with one attached hydrogen (secondary N) is 2. The molecule has 30 heavy (non-hydrogen) atoms. The van der Waals surface area contributed by atoms with E-state index in [1.165, 1.54) is 6.20 Å². The van der Waals surface area contributed by atoms with Crippen LogP contribution in [0.1, 0.15) is 16.1 Å². The number of ether oxygens (including phenoxy) is 3. The Morgan fingerprint density at radius 3 is 2.77 bits per heavy atom. The summed E-state index contributed by atoms with van der Waals surface area (Å²) in [5, 5.41) is 4.59. The molecule has 1 aromatic carbocycles. The van der Waals surface area contributed by atoms with Gasteiger partial charge in [-0.15, -0.1) is 0 Å². The Hall–Kier alpha value is -4.08. The number of imide groups is 1. The number of pyridine rings is 1. The van der Waals surface area contributed by atoms with Crippen molar-refractivity contribution in [2.24, 2.45) is 0 Å². The van der Waals surface area contributed by atoms with Crippen LogP contribution in [0.15, 0.2) is 42.7 Å². The van der Waals surface area contributed by atoms with Gasteiger partial charge in [0.1, 0.15) is 18.9 Å². The molecule has 0 fully saturated rings. The second kappa shape index (κ2) is 8.11. The van der Waals surface area contributed by atoms with Crippen LogP contribution in [0, 0.1) is 6.92 Å². The molecule has 3 amide bonds. The van der Waals surface area contributed by atoms with Gasteiger partial charge in [0.05, 0.1) is 0 Å². The molecule has 0 saturated heterocycles. The van der Waals surface area contributed by atoms with Crippen LogP contribution in [0.2, 0.25) is 0 Å². The monoisotopic (exact) mass is 410 g/mol. The van der Waals surface area contributed by atoms with Gasteiger partial charge in [0, 0.05) is 24.1 Å². The van der Waals surface area contributed by atoms with E-state index >= 15 is 0 Å². The fourth-order valence-corrected chi connectivity index (χ4v) is 2.83. The third-order valence-electron chi connectivity index (χ3n) is 4.21. The molecule has 2 aromatic heterocycles. The van der Waals surface area contributed by atoms with Gasteiger partial charge in [0.15, 0.2) is 23.8 Å². The van der Waals surface area contributed by atoms with Gasteiger partial charge in [-0.25, -0.2) is 14.6 Å². The maximum absolute atomic E-state index is 12.1. The molecule has 3 aromatic rings. The summed E-state index contributed by atoms with van der Waals surface area (Å²) in [4.78, 5) is 40.2. The predicted molar refractivity (Wildman–Crippen MR) is 105 cm³/mol. The Bertz CT molecular complexity index is 1140. The number of aromatic nitrogens is 2. The molecule has 154 valence electrons. The summed E-state index contributed by atoms with van der Waals surface area (Å²) in [5.41, 5.74) is 2.07. The molecule has 2 N–H and O–H groups in total. The summed E-state index contributed by atoms with van der Waals surface area (Å²) in [6, 6.07) is 7.77. The fourth-order valence-electron chi connectivity index (χ4n) is 2.83. The summed E-state index contributed by atoms with van der Waals surface area (Å²) < 4.78 is 17.4. The molecule has 1 aliphatic rings. The Balaban J connectivity index is 1.28. The number of fused-ring (bicyclic) bond motifs is 2. The standard InChI is InChI=1S/C20H18N4O6/c1-12-4-5-24-10-14(22-17(24)8-12)19(26)30-11-18(25)23-20(27)21-13-2-3-15-16(9-13)29-7-6-28-15/h2-5,8-10H,6-7,11H2,1H3,(H2,21,23,25,27). The molecule has 0 bridgehead atoms. The molecular weight excluding hydrogens is 392 g/mol. The molecule has 0 atom stereocenters. The number of amides is 3. The van der Waals surface area contributed by atoms with Crippen LogP contribution in [0.5, 0.6) is 11.5 Å². The van der Waals surface area contributed by atoms with Crippen molar-refractivity contribution < 1.29 is 28.6 Å². The van der Waals surface area contributed by atoms with Gasteiger partial charge < -0.3 is 23.9 Å². The van der Waals surface area contributed by atoms with Gasteiger partial charge in [-0.05, 0) is 36.8 Å². The quantitative estimate of drug-likeness (QED) is 0.631. The maximum atomic E-state index is 12.1. The lowest BCUT2D eigenvalue weighted by Crippen LogP contribution is -2.37. The molecule has 0 spiro atoms. The highest BCUT2D eigenvalue weighted by Crippen LogP contribution is 2.32. The number of urea groups is 1. The lowest BCUT2D eigenvalue weighted by Gasteiger charge is -2.19. The van der Waals surface area contributed by atoms with E-state index in [1.54, 1.807) is 28.8 Å². The van der Waals surface area contributed by atoms with Crippen molar-refractivity contribution in [1.82, 2.24) is 14.7 Å². The third kappa shape index (κ3) is 4.32. The van der Waals surface area contributed by atoms with Crippen LogP contribution in [0.25, 0.3) is 5.65 Å². The van der Waals surface area contributed by atoms with Gasteiger partial charge in [0.25, 0.3) is 5.91 Å². The molecule has 0 unspecified atom stereocenters. The normalized spacial score (nSPS) is 12.3. The second-order valence-corrected chi connectivity index (χ2v) is 6.53. The van der Waals surface area contributed by atoms with Crippen molar-refractivity contribution in [3.63, 3.8) is 0 Å². The average molecular weight is 410 g/mol. The minimum absolute atomic E-state index is 0.0640. The van der Waals surface area contributed by atoms with E-state index in [9.17, 15) is 14.4 Å². The van der Waals surface area contributed by atoms with Gasteiger partial charge >= 0.3 is 12.0 Å². The third-order valence-corrected chi connectivity index (χ3v) is 4.21. The average Bonchev–Trinajstić information content (AvgIpc) is 3.15. The number of anilines is 1. The summed E-state index contributed by atoms with van der Waals surface area (Å²) in [6.45, 7) is 2.16. The zero-order valence-electron chi connectivity index (χ0n) is 16.0. The van der Waals surface area contributed by atoms with Crippen LogP contribution in [0.4, 0.5) is 10.5 Å². The number of benzene rings is 1. The molecule has 10 nitrogen and oxygen atoms in total. The van der Waals surface area contributed by atoms with Gasteiger partial charge in [-0.3, -0.25) is 10.1 Å². The first-order chi connectivity index (χ1) is 14.5. The molecule has 4 rings (SSSR count). The first kappa shape index (κ1) is 19.2. The zero-order chi connectivity index (χ0) is 21.1. The number of rotatable bonds is 4. The molecule has 0 saturated carbocycles. The number of hydrogen-bond donors (Lipinski definition) is 2. The van der Waals surface area contributed by atoms with E-state index in [1.807, 2.05) is 19.1 Å². The van der Waals surface area contributed by atoms with Gasteiger partial charge in [-0.1, -0.05) is 0 Å². The molecule has 0 radical (unpaired) electrons. The number of nitrogens with zero attached hydrogens (tertiary/aromatic N) is 2. The summed E-state index contributed by atoms with van der Waals surface area (Å²) >= 11 is 0. The molecule has 1 aliphatic heterocycles. The van der Waals surface area contributed by atoms with Crippen LogP contribution >= 0.6 is 0 Å². The number of imidazole rings is 1. The van der Waals surface area contributed by atoms with E-state index in [2.05, 4.69) is 15.6 Å². The van der Waals surface area contributed by atoms with Crippen LogP contribution < -0.4 is 20.1 Å². The molecule has 0 aliphatic carbocycles. The topological polar surface area (TPSA) is 120 Å². The Morgan fingerprint density at radius 1 is 1.13 bits per heavy atom. The number of aryl methyl sites for hydroxylation is 1. The zero-order valence-corrected chi connectivity index (χ0v) is 16.0. The second-order valence-electron chi connectivity index (χ2n) is 6.53. The Morgan fingerprint density at radius 2 is 1.93 bits per heavy atom. The van der Waals surface area contributed by atoms with Crippen LogP contribution in [-0.4, -0.2) is 47.1 Å². The number of hydrogen-bond acceptors (Lipinski definition) is 7. The molecular formula is C20H18N4O6. The lowest BCUT2D eigenvalue weighted by atomic mass is 10.2. The van der Waals surface area contributed by atoms with Crippen molar-refractivity contribution >= 4 is 29.2 Å². The van der Waals surface area contributed by atoms with E-state index < -0.39 is 24.5 Å². The van der Waals surface area contributed by atoms with Crippen molar-refractivity contribution in [2.75, 3.05) is 25.1 Å². The van der Waals surface area contributed by atoms with Gasteiger partial charge in [-0.2, -0.15) is 0 Å². The largest absolute Gasteiger partial charge is 0.486 e. The summed E-state index contributed by atoms with van der Waals surface area (Å²) in [6.07, 6.45) is 3.27. The van der Waals surface area contributed by atoms with E-state index in [0.29, 0.717) is 36.0 Å². The lowest BCUT2D eigenvalue weighted by molar-refractivity contribution is -0.123. The SMILES string of the molecule is Cc1ccn2cc(C(=O)OCC(=O)NC(=O)Nc3ccc4c(c3)OCCO4)nc2c1. The van der Waals surface area contributed by atoms with E-state index in [4.69, 9.17) is 14.2 Å². The summed E-state index contributed by atoms with van der Waals surface area (Å²) in [5.74, 6) is -0.462. The van der Waals surface area contributed by atoms with E-state index in [-0.39, 0.29) is 5.69 Å². The van der Waals surface area contributed by atoms with Crippen molar-refractivity contribution in [3.8, 4) is 11.5 Å². The van der Waals surface area contributed by atoms with Crippen LogP contribution in [0.3, 0.4) is 0 Å². The summed E-state index contributed by atoms with van der Waals surface area (Å²) in [7, 11) is 0. The minimum atomic E-state index is -0.780. The minimum Gasteiger partial charge on any atom is -0.486 e. The highest BCUT2D eigenvalue weighted by molar-refractivity contribution is 6.02. The number of carbonyl (C=O) groups excluding carboxylic acids is 3. The predicted octanol–water partition coefficient (Wildman–Crippen LogP) is 1.92. The number of esters is 1. The molecule has 3 heterocycles. The fraction of sp³-hybridized carbons (Fsp3) is 0.200. The maximum Gasteiger partial charge on any atom is 0.359 e. The Kier molecular flexibility index (Phi) is 5.21. The van der Waals surface area contributed by atoms with Crippen molar-refractivity contribution in [2.45, 2.75) is 6.92 Å². The van der Waals surface area contributed by atoms with Crippen molar-refractivity contribution in [1.29, 1.82) is 0 Å². The number of carbonyl (C=O) groups is 3. The first-order valence-electron chi connectivity index (χ1n) is 9.11. The van der Waals surface area contributed by atoms with Crippen LogP contribution in [-0.2, 0) is 9.53 Å². The molecule has 10 heteroatoms. The van der Waals surface area contributed by atoms with Crippen molar-refractivity contribution in [3.05, 3.63) is 54.0 Å². The first-order valence-corrected chi connectivity index (χ1v) is 9.11. The highest BCUT2D eigenvalue weighted by Gasteiger charge is 2.17. The van der Waals surface area contributed by atoms with Gasteiger partial charge in [0.2, 0.25) is 0 Å². The smallest absolute Gasteiger partial charge is 0.359 e.